The molecule has 0 aliphatic carbocycles. The number of carbonyl (C=O) groups is 1. The number of aromatic carboxylic acids is 1. The molecule has 2 heterocycles. The third-order valence-electron chi connectivity index (χ3n) is 1.87. The van der Waals surface area contributed by atoms with Crippen LogP contribution >= 0.6 is 11.3 Å². The summed E-state index contributed by atoms with van der Waals surface area (Å²) in [7, 11) is 3.77. The second-order valence-corrected chi connectivity index (χ2v) is 4.20. The fourth-order valence-corrected chi connectivity index (χ4v) is 1.93. The van der Waals surface area contributed by atoms with Crippen LogP contribution in [0.15, 0.2) is 12.3 Å². The topological polar surface area (TPSA) is 66.3 Å². The molecular weight excluding hydrogens is 214 g/mol. The van der Waals surface area contributed by atoms with Crippen molar-refractivity contribution in [1.82, 2.24) is 9.97 Å². The maximum atomic E-state index is 10.7. The third kappa shape index (κ3) is 1.75. The van der Waals surface area contributed by atoms with Gasteiger partial charge in [0.25, 0.3) is 0 Å². The Bertz CT molecular complexity index is 521. The molecule has 0 amide bonds. The summed E-state index contributed by atoms with van der Waals surface area (Å²) in [5.74, 6) is -0.983. The zero-order valence-electron chi connectivity index (χ0n) is 8.26. The lowest BCUT2D eigenvalue weighted by Crippen LogP contribution is -2.07. The van der Waals surface area contributed by atoms with Gasteiger partial charge < -0.3 is 10.0 Å². The Hall–Kier alpha value is -1.69. The molecule has 1 N–H and O–H groups in total. The molecule has 0 atom stereocenters. The minimum atomic E-state index is -0.983. The van der Waals surface area contributed by atoms with E-state index in [2.05, 4.69) is 9.97 Å². The molecular formula is C9H9N3O2S. The van der Waals surface area contributed by atoms with E-state index >= 15 is 0 Å². The molecule has 15 heavy (non-hydrogen) atoms. The van der Waals surface area contributed by atoms with E-state index in [1.165, 1.54) is 23.6 Å². The molecule has 0 fully saturated rings. The molecule has 2 aromatic rings. The predicted molar refractivity (Wildman–Crippen MR) is 58.7 cm³/mol. The van der Waals surface area contributed by atoms with Gasteiger partial charge in [0.2, 0.25) is 0 Å². The fourth-order valence-electron chi connectivity index (χ4n) is 1.12. The molecule has 78 valence electrons. The second kappa shape index (κ2) is 3.47. The van der Waals surface area contributed by atoms with Crippen LogP contribution < -0.4 is 4.90 Å². The zero-order valence-corrected chi connectivity index (χ0v) is 9.08. The van der Waals surface area contributed by atoms with Crippen molar-refractivity contribution in [3.63, 3.8) is 0 Å². The van der Waals surface area contributed by atoms with E-state index in [-0.39, 0.29) is 5.56 Å². The van der Waals surface area contributed by atoms with Crippen molar-refractivity contribution >= 4 is 32.8 Å². The minimum Gasteiger partial charge on any atom is -0.478 e. The maximum absolute atomic E-state index is 10.7. The summed E-state index contributed by atoms with van der Waals surface area (Å²) < 4.78 is 0. The van der Waals surface area contributed by atoms with Gasteiger partial charge in [-0.25, -0.2) is 14.8 Å². The van der Waals surface area contributed by atoms with Crippen molar-refractivity contribution in [3.05, 3.63) is 17.8 Å². The van der Waals surface area contributed by atoms with E-state index in [9.17, 15) is 4.79 Å². The van der Waals surface area contributed by atoms with Crippen LogP contribution in [0, 0.1) is 0 Å². The highest BCUT2D eigenvalue weighted by molar-refractivity contribution is 7.21. The summed E-state index contributed by atoms with van der Waals surface area (Å²) in [5, 5.41) is 9.60. The van der Waals surface area contributed by atoms with E-state index < -0.39 is 5.97 Å². The number of fused-ring (bicyclic) bond motifs is 1. The predicted octanol–water partition coefficient (Wildman–Crippen LogP) is 1.46. The Morgan fingerprint density at radius 2 is 2.27 bits per heavy atom. The van der Waals surface area contributed by atoms with Crippen molar-refractivity contribution in [2.45, 2.75) is 0 Å². The first-order valence-corrected chi connectivity index (χ1v) is 5.07. The maximum Gasteiger partial charge on any atom is 0.337 e. The zero-order chi connectivity index (χ0) is 11.0. The third-order valence-corrected chi connectivity index (χ3v) is 3.01. The second-order valence-electron chi connectivity index (χ2n) is 3.24. The Kier molecular flexibility index (Phi) is 2.28. The first-order chi connectivity index (χ1) is 7.08. The number of hydrogen-bond donors (Lipinski definition) is 1. The van der Waals surface area contributed by atoms with Crippen molar-refractivity contribution < 1.29 is 9.90 Å². The quantitative estimate of drug-likeness (QED) is 0.834. The van der Waals surface area contributed by atoms with Crippen LogP contribution in [-0.2, 0) is 0 Å². The van der Waals surface area contributed by atoms with E-state index in [1.807, 2.05) is 19.0 Å². The number of hydrogen-bond acceptors (Lipinski definition) is 5. The van der Waals surface area contributed by atoms with Gasteiger partial charge >= 0.3 is 5.97 Å². The monoisotopic (exact) mass is 223 g/mol. The molecule has 2 aromatic heterocycles. The summed E-state index contributed by atoms with van der Waals surface area (Å²) in [5.41, 5.74) is 0.793. The highest BCUT2D eigenvalue weighted by Crippen LogP contribution is 2.26. The number of anilines is 1. The lowest BCUT2D eigenvalue weighted by Gasteiger charge is -2.04. The summed E-state index contributed by atoms with van der Waals surface area (Å²) in [6.07, 6.45) is 1.35. The van der Waals surface area contributed by atoms with Crippen molar-refractivity contribution in [2.24, 2.45) is 0 Å². The smallest absolute Gasteiger partial charge is 0.337 e. The van der Waals surface area contributed by atoms with Crippen molar-refractivity contribution in [2.75, 3.05) is 19.0 Å². The molecule has 0 unspecified atom stereocenters. The van der Waals surface area contributed by atoms with Crippen LogP contribution in [0.5, 0.6) is 0 Å². The van der Waals surface area contributed by atoms with Gasteiger partial charge in [0.15, 0.2) is 5.13 Å². The number of aromatic nitrogens is 2. The van der Waals surface area contributed by atoms with Gasteiger partial charge in [0, 0.05) is 20.3 Å². The first-order valence-electron chi connectivity index (χ1n) is 4.25. The molecule has 0 bridgehead atoms. The van der Waals surface area contributed by atoms with Gasteiger partial charge in [-0.15, -0.1) is 0 Å². The van der Waals surface area contributed by atoms with Crippen LogP contribution in [0.3, 0.4) is 0 Å². The lowest BCUT2D eigenvalue weighted by molar-refractivity contribution is 0.0696. The fraction of sp³-hybridized carbons (Fsp3) is 0.222. The molecule has 0 saturated heterocycles. The summed E-state index contributed by atoms with van der Waals surface area (Å²) in [6.45, 7) is 0. The molecule has 0 aromatic carbocycles. The van der Waals surface area contributed by atoms with E-state index in [0.29, 0.717) is 5.52 Å². The number of nitrogens with zero attached hydrogens (tertiary/aromatic N) is 3. The van der Waals surface area contributed by atoms with Gasteiger partial charge in [-0.05, 0) is 6.07 Å². The van der Waals surface area contributed by atoms with Gasteiger partial charge in [0.05, 0.1) is 5.56 Å². The Labute approximate surface area is 90.0 Å². The number of thiazole rings is 1. The molecule has 0 aliphatic heterocycles. The van der Waals surface area contributed by atoms with Crippen LogP contribution in [-0.4, -0.2) is 35.1 Å². The number of rotatable bonds is 2. The number of carboxylic acid groups (broad SMARTS) is 1. The van der Waals surface area contributed by atoms with Gasteiger partial charge in [-0.1, -0.05) is 11.3 Å². The molecule has 0 spiro atoms. The average molecular weight is 223 g/mol. The summed E-state index contributed by atoms with van der Waals surface area (Å²) >= 11 is 1.44. The summed E-state index contributed by atoms with van der Waals surface area (Å²) in [6, 6.07) is 1.54. The minimum absolute atomic E-state index is 0.165. The largest absolute Gasteiger partial charge is 0.478 e. The van der Waals surface area contributed by atoms with Gasteiger partial charge in [-0.3, -0.25) is 0 Å². The van der Waals surface area contributed by atoms with Crippen LogP contribution in [0.4, 0.5) is 5.13 Å². The molecule has 0 saturated carbocycles. The van der Waals surface area contributed by atoms with E-state index in [1.54, 1.807) is 0 Å². The van der Waals surface area contributed by atoms with E-state index in [0.717, 1.165) is 9.96 Å². The van der Waals surface area contributed by atoms with Crippen molar-refractivity contribution in [1.29, 1.82) is 0 Å². The highest BCUT2D eigenvalue weighted by Gasteiger charge is 2.10. The molecule has 2 rings (SSSR count). The van der Waals surface area contributed by atoms with Crippen LogP contribution in [0.2, 0.25) is 0 Å². The van der Waals surface area contributed by atoms with Crippen LogP contribution in [0.1, 0.15) is 10.4 Å². The Morgan fingerprint density at radius 3 is 2.87 bits per heavy atom. The standard InChI is InChI=1S/C9H9N3O2S/c1-12(2)9-11-6-3-5(8(13)14)4-10-7(6)15-9/h3-4H,1-2H3,(H,13,14). The Morgan fingerprint density at radius 1 is 1.53 bits per heavy atom. The van der Waals surface area contributed by atoms with E-state index in [4.69, 9.17) is 5.11 Å². The number of pyridine rings is 1. The molecule has 0 aliphatic rings. The van der Waals surface area contributed by atoms with Gasteiger partial charge in [0.1, 0.15) is 10.3 Å². The first kappa shape index (κ1) is 9.85. The summed E-state index contributed by atoms with van der Waals surface area (Å²) in [4.78, 5) is 21.7. The highest BCUT2D eigenvalue weighted by atomic mass is 32.1. The molecule has 5 nitrogen and oxygen atoms in total. The van der Waals surface area contributed by atoms with Crippen LogP contribution in [0.25, 0.3) is 10.3 Å². The number of carboxylic acids is 1. The Balaban J connectivity index is 2.57. The normalized spacial score (nSPS) is 10.5. The lowest BCUT2D eigenvalue weighted by atomic mass is 10.3. The molecule has 6 heteroatoms. The van der Waals surface area contributed by atoms with Gasteiger partial charge in [-0.2, -0.15) is 0 Å². The SMILES string of the molecule is CN(C)c1nc2cc(C(=O)O)cnc2s1. The van der Waals surface area contributed by atoms with Crippen molar-refractivity contribution in [3.8, 4) is 0 Å². The molecule has 0 radical (unpaired) electrons. The average Bonchev–Trinajstić information content (AvgIpc) is 2.59.